The van der Waals surface area contributed by atoms with E-state index in [1.54, 1.807) is 18.4 Å². The maximum atomic E-state index is 9.83. The summed E-state index contributed by atoms with van der Waals surface area (Å²) in [5.74, 6) is 0.635. The van der Waals surface area contributed by atoms with Crippen LogP contribution in [-0.4, -0.2) is 5.11 Å². The van der Waals surface area contributed by atoms with E-state index in [2.05, 4.69) is 26.8 Å². The minimum Gasteiger partial charge on any atom is -0.467 e. The van der Waals surface area contributed by atoms with Gasteiger partial charge in [0.15, 0.2) is 0 Å². The van der Waals surface area contributed by atoms with Gasteiger partial charge in [-0.3, -0.25) is 0 Å². The Balaban J connectivity index is 2.42. The maximum Gasteiger partial charge on any atom is 0.132 e. The molecule has 0 fully saturated rings. The summed E-state index contributed by atoms with van der Waals surface area (Å²) in [5.41, 5.74) is 2.98. The molecule has 1 N–H and O–H groups in total. The van der Waals surface area contributed by atoms with Crippen LogP contribution in [0.4, 0.5) is 0 Å². The van der Waals surface area contributed by atoms with Gasteiger partial charge in [0.25, 0.3) is 0 Å². The quantitative estimate of drug-likeness (QED) is 0.704. The molecule has 100 valence electrons. The average Bonchev–Trinajstić information content (AvgIpc) is 2.91. The zero-order chi connectivity index (χ0) is 13.4. The van der Waals surface area contributed by atoms with E-state index in [0.29, 0.717) is 12.2 Å². The van der Waals surface area contributed by atoms with Crippen LogP contribution in [0.15, 0.2) is 46.1 Å². The van der Waals surface area contributed by atoms with Crippen molar-refractivity contribution in [3.05, 3.63) is 47.5 Å². The molecule has 1 atom stereocenters. The minimum absolute atomic E-state index is 0.530. The summed E-state index contributed by atoms with van der Waals surface area (Å²) in [6.07, 6.45) is 9.05. The maximum absolute atomic E-state index is 9.83. The van der Waals surface area contributed by atoms with Gasteiger partial charge in [-0.15, -0.1) is 0 Å². The molecule has 0 aliphatic heterocycles. The van der Waals surface area contributed by atoms with Crippen LogP contribution in [-0.2, 0) is 0 Å². The second kappa shape index (κ2) is 7.93. The van der Waals surface area contributed by atoms with E-state index < -0.39 is 6.10 Å². The summed E-state index contributed by atoms with van der Waals surface area (Å²) in [5, 5.41) is 9.83. The predicted molar refractivity (Wildman–Crippen MR) is 75.3 cm³/mol. The van der Waals surface area contributed by atoms with Gasteiger partial charge in [-0.1, -0.05) is 37.1 Å². The van der Waals surface area contributed by atoms with Crippen LogP contribution in [0.3, 0.4) is 0 Å². The zero-order valence-electron chi connectivity index (χ0n) is 11.6. The van der Waals surface area contributed by atoms with Gasteiger partial charge in [-0.05, 0) is 44.7 Å². The molecule has 1 unspecified atom stereocenters. The highest BCUT2D eigenvalue weighted by Crippen LogP contribution is 2.19. The molecule has 2 nitrogen and oxygen atoms in total. The third kappa shape index (κ3) is 4.53. The molecule has 0 aliphatic rings. The lowest BCUT2D eigenvalue weighted by molar-refractivity contribution is 0.153. The lowest BCUT2D eigenvalue weighted by atomic mass is 10.0. The lowest BCUT2D eigenvalue weighted by Crippen LogP contribution is -1.92. The highest BCUT2D eigenvalue weighted by molar-refractivity contribution is 5.15. The standard InChI is InChI=1S/C16H24O2/c1-4-13(3)14(5-2)9-6-7-10-15(17)16-11-8-12-18-16/h6-8,11-12,15,17H,4-5,9-10H2,1-3H3/b7-6+,14-13+. The molecule has 0 aromatic carbocycles. The van der Waals surface area contributed by atoms with Gasteiger partial charge >= 0.3 is 0 Å². The molecule has 0 amide bonds. The topological polar surface area (TPSA) is 33.4 Å². The number of rotatable bonds is 7. The first-order valence-electron chi connectivity index (χ1n) is 6.72. The van der Waals surface area contributed by atoms with E-state index in [9.17, 15) is 5.11 Å². The summed E-state index contributed by atoms with van der Waals surface area (Å²) in [6.45, 7) is 6.58. The van der Waals surface area contributed by atoms with Crippen molar-refractivity contribution in [1.29, 1.82) is 0 Å². The first-order chi connectivity index (χ1) is 8.69. The number of hydrogen-bond acceptors (Lipinski definition) is 2. The van der Waals surface area contributed by atoms with E-state index in [0.717, 1.165) is 19.3 Å². The number of allylic oxidation sites excluding steroid dienone is 3. The Morgan fingerprint density at radius 2 is 2.11 bits per heavy atom. The molecule has 0 bridgehead atoms. The Kier molecular flexibility index (Phi) is 6.51. The summed E-state index contributed by atoms with van der Waals surface area (Å²) >= 11 is 0. The summed E-state index contributed by atoms with van der Waals surface area (Å²) in [6, 6.07) is 3.60. The summed E-state index contributed by atoms with van der Waals surface area (Å²) in [4.78, 5) is 0. The van der Waals surface area contributed by atoms with Crippen LogP contribution >= 0.6 is 0 Å². The molecule has 18 heavy (non-hydrogen) atoms. The van der Waals surface area contributed by atoms with Crippen molar-refractivity contribution in [2.45, 2.75) is 52.6 Å². The van der Waals surface area contributed by atoms with Crippen molar-refractivity contribution in [2.75, 3.05) is 0 Å². The van der Waals surface area contributed by atoms with Gasteiger partial charge in [-0.25, -0.2) is 0 Å². The van der Waals surface area contributed by atoms with Crippen LogP contribution in [0.5, 0.6) is 0 Å². The normalized spacial score (nSPS) is 14.9. The second-order valence-electron chi connectivity index (χ2n) is 4.53. The first kappa shape index (κ1) is 14.8. The van der Waals surface area contributed by atoms with Crippen LogP contribution in [0, 0.1) is 0 Å². The molecule has 1 aromatic heterocycles. The summed E-state index contributed by atoms with van der Waals surface area (Å²) < 4.78 is 5.16. The fraction of sp³-hybridized carbons (Fsp3) is 0.500. The van der Waals surface area contributed by atoms with Gasteiger partial charge < -0.3 is 9.52 Å². The number of furan rings is 1. The van der Waals surface area contributed by atoms with Crippen LogP contribution in [0.2, 0.25) is 0 Å². The minimum atomic E-state index is -0.530. The smallest absolute Gasteiger partial charge is 0.132 e. The third-order valence-corrected chi connectivity index (χ3v) is 3.32. The Morgan fingerprint density at radius 3 is 2.67 bits per heavy atom. The van der Waals surface area contributed by atoms with Crippen molar-refractivity contribution < 1.29 is 9.52 Å². The number of aliphatic hydroxyl groups is 1. The van der Waals surface area contributed by atoms with Crippen LogP contribution in [0.25, 0.3) is 0 Å². The van der Waals surface area contributed by atoms with Gasteiger partial charge in [0, 0.05) is 0 Å². The van der Waals surface area contributed by atoms with Crippen molar-refractivity contribution in [3.8, 4) is 0 Å². The number of aliphatic hydroxyl groups excluding tert-OH is 1. The molecule has 0 aliphatic carbocycles. The number of hydrogen-bond donors (Lipinski definition) is 1. The van der Waals surface area contributed by atoms with Crippen molar-refractivity contribution in [1.82, 2.24) is 0 Å². The van der Waals surface area contributed by atoms with E-state index in [1.807, 2.05) is 6.08 Å². The Labute approximate surface area is 110 Å². The highest BCUT2D eigenvalue weighted by Gasteiger charge is 2.07. The molecule has 0 saturated heterocycles. The molecule has 1 rings (SSSR count). The largest absolute Gasteiger partial charge is 0.467 e. The highest BCUT2D eigenvalue weighted by atomic mass is 16.4. The van der Waals surface area contributed by atoms with Crippen LogP contribution < -0.4 is 0 Å². The fourth-order valence-corrected chi connectivity index (χ4v) is 1.92. The molecule has 0 spiro atoms. The van der Waals surface area contributed by atoms with Crippen molar-refractivity contribution in [3.63, 3.8) is 0 Å². The average molecular weight is 248 g/mol. The first-order valence-corrected chi connectivity index (χ1v) is 6.72. The van der Waals surface area contributed by atoms with E-state index >= 15 is 0 Å². The van der Waals surface area contributed by atoms with E-state index in [1.165, 1.54) is 11.1 Å². The van der Waals surface area contributed by atoms with Gasteiger partial charge in [0.2, 0.25) is 0 Å². The van der Waals surface area contributed by atoms with E-state index in [-0.39, 0.29) is 0 Å². The van der Waals surface area contributed by atoms with E-state index in [4.69, 9.17) is 4.42 Å². The van der Waals surface area contributed by atoms with Crippen molar-refractivity contribution in [2.24, 2.45) is 0 Å². The fourth-order valence-electron chi connectivity index (χ4n) is 1.92. The Hall–Kier alpha value is -1.28. The Morgan fingerprint density at radius 1 is 1.33 bits per heavy atom. The monoisotopic (exact) mass is 248 g/mol. The molecular formula is C16H24O2. The molecule has 2 heteroatoms. The SMILES string of the molecule is CC/C(C)=C(\CC)C/C=C/CC(O)c1ccco1. The molecular weight excluding hydrogens is 224 g/mol. The van der Waals surface area contributed by atoms with Gasteiger partial charge in [0.05, 0.1) is 6.26 Å². The lowest BCUT2D eigenvalue weighted by Gasteiger charge is -2.06. The molecule has 1 heterocycles. The Bertz CT molecular complexity index is 385. The second-order valence-corrected chi connectivity index (χ2v) is 4.53. The van der Waals surface area contributed by atoms with Gasteiger partial charge in [0.1, 0.15) is 11.9 Å². The third-order valence-electron chi connectivity index (χ3n) is 3.32. The predicted octanol–water partition coefficient (Wildman–Crippen LogP) is 4.79. The zero-order valence-corrected chi connectivity index (χ0v) is 11.6. The van der Waals surface area contributed by atoms with Gasteiger partial charge in [-0.2, -0.15) is 0 Å². The molecule has 0 radical (unpaired) electrons. The molecule has 1 aromatic rings. The molecule has 0 saturated carbocycles. The van der Waals surface area contributed by atoms with Crippen LogP contribution in [0.1, 0.15) is 58.3 Å². The van der Waals surface area contributed by atoms with Crippen molar-refractivity contribution >= 4 is 0 Å². The summed E-state index contributed by atoms with van der Waals surface area (Å²) in [7, 11) is 0.